The molecule has 28 heavy (non-hydrogen) atoms. The molecule has 0 aromatic rings. The van der Waals surface area contributed by atoms with Crippen LogP contribution < -0.4 is 5.32 Å². The van der Waals surface area contributed by atoms with Gasteiger partial charge in [0.15, 0.2) is 20.0 Å². The topological polar surface area (TPSA) is 104 Å². The maximum atomic E-state index is 11.4. The van der Waals surface area contributed by atoms with Gasteiger partial charge in [-0.15, -0.1) is 0 Å². The monoisotopic (exact) mass is 467 g/mol. The number of ether oxygens (including phenoxy) is 1. The molecule has 1 fully saturated rings. The van der Waals surface area contributed by atoms with E-state index in [9.17, 15) is 43.2 Å². The summed E-state index contributed by atoms with van der Waals surface area (Å²) in [5.41, 5.74) is -12.4. The average Bonchev–Trinajstić information content (AvgIpc) is 2.50. The molecule has 0 aliphatic carbocycles. The molecule has 0 aromatic carbocycles. The number of alkyl halides is 6. The SMILES string of the molecule is CCOCCC[N+]1(C)CCNCC1.O=S(=O)([N-]S(=O)(=O)C(F)(F)F)C(F)(F)F. The van der Waals surface area contributed by atoms with Crippen molar-refractivity contribution in [1.82, 2.24) is 5.32 Å². The standard InChI is InChI=1S/C10H23N2O.C2F6NO4S2/c1-3-13-10-4-7-12(2)8-5-11-6-9-12;3-1(4,5)14(10,11)9-15(12,13)2(6,7)8/h11H,3-10H2,1-2H3;/q+1;-1. The van der Waals surface area contributed by atoms with Crippen molar-refractivity contribution >= 4 is 20.0 Å². The molecule has 0 unspecified atom stereocenters. The zero-order valence-electron chi connectivity index (χ0n) is 15.2. The van der Waals surface area contributed by atoms with Gasteiger partial charge >= 0.3 is 11.0 Å². The van der Waals surface area contributed by atoms with Gasteiger partial charge in [0.25, 0.3) is 0 Å². The summed E-state index contributed by atoms with van der Waals surface area (Å²) in [5, 5.41) is 3.39. The van der Waals surface area contributed by atoms with Crippen LogP contribution in [-0.2, 0) is 24.8 Å². The van der Waals surface area contributed by atoms with E-state index in [-0.39, 0.29) is 0 Å². The van der Waals surface area contributed by atoms with Gasteiger partial charge in [0.1, 0.15) is 0 Å². The molecule has 8 nitrogen and oxygen atoms in total. The fourth-order valence-electron chi connectivity index (χ4n) is 2.06. The number of nitrogens with one attached hydrogen (secondary N) is 1. The van der Waals surface area contributed by atoms with Crippen LogP contribution in [0.25, 0.3) is 4.13 Å². The molecule has 1 N–H and O–H groups in total. The minimum absolute atomic E-state index is 0.778. The van der Waals surface area contributed by atoms with E-state index in [4.69, 9.17) is 4.74 Å². The van der Waals surface area contributed by atoms with Crippen LogP contribution in [0, 0.1) is 0 Å². The van der Waals surface area contributed by atoms with Crippen LogP contribution in [0.3, 0.4) is 0 Å². The molecule has 16 heteroatoms. The summed E-state index contributed by atoms with van der Waals surface area (Å²) in [6.45, 7) is 9.99. The van der Waals surface area contributed by atoms with Gasteiger partial charge in [-0.3, -0.25) is 0 Å². The van der Waals surface area contributed by atoms with Gasteiger partial charge in [-0.2, -0.15) is 26.3 Å². The number of likely N-dealkylation sites (N-methyl/N-ethyl adjacent to an activating group) is 1. The number of hydrogen-bond acceptors (Lipinski definition) is 6. The fourth-order valence-corrected chi connectivity index (χ4v) is 3.77. The van der Waals surface area contributed by atoms with Gasteiger partial charge < -0.3 is 18.7 Å². The lowest BCUT2D eigenvalue weighted by atomic mass is 10.2. The minimum Gasteiger partial charge on any atom is -0.421 e. The van der Waals surface area contributed by atoms with Crippen LogP contribution in [0.1, 0.15) is 13.3 Å². The highest BCUT2D eigenvalue weighted by Crippen LogP contribution is 2.36. The highest BCUT2D eigenvalue weighted by atomic mass is 32.3. The number of sulfonamides is 2. The quantitative estimate of drug-likeness (QED) is 0.346. The molecule has 1 heterocycles. The lowest BCUT2D eigenvalue weighted by Crippen LogP contribution is -2.56. The van der Waals surface area contributed by atoms with Crippen molar-refractivity contribution in [2.45, 2.75) is 24.4 Å². The van der Waals surface area contributed by atoms with Crippen molar-refractivity contribution in [3.05, 3.63) is 4.13 Å². The van der Waals surface area contributed by atoms with Crippen LogP contribution in [-0.4, -0.2) is 85.3 Å². The van der Waals surface area contributed by atoms with Gasteiger partial charge in [-0.1, -0.05) is 0 Å². The molecule has 0 amide bonds. The van der Waals surface area contributed by atoms with Crippen LogP contribution in [0.4, 0.5) is 26.3 Å². The summed E-state index contributed by atoms with van der Waals surface area (Å²) >= 11 is 0. The predicted octanol–water partition coefficient (Wildman–Crippen LogP) is 1.52. The Morgan fingerprint density at radius 1 is 0.964 bits per heavy atom. The molecule has 0 spiro atoms. The molecule has 0 bridgehead atoms. The predicted molar refractivity (Wildman–Crippen MR) is 88.1 cm³/mol. The van der Waals surface area contributed by atoms with E-state index >= 15 is 0 Å². The lowest BCUT2D eigenvalue weighted by Gasteiger charge is -2.38. The summed E-state index contributed by atoms with van der Waals surface area (Å²) in [6, 6.07) is 0. The highest BCUT2D eigenvalue weighted by Gasteiger charge is 2.46. The summed E-state index contributed by atoms with van der Waals surface area (Å²) in [5.74, 6) is 0. The largest absolute Gasteiger partial charge is 0.480 e. The maximum Gasteiger partial charge on any atom is 0.480 e. The minimum atomic E-state index is -6.72. The summed E-state index contributed by atoms with van der Waals surface area (Å²) < 4.78 is 116. The Labute approximate surface area is 159 Å². The fraction of sp³-hybridized carbons (Fsp3) is 1.00. The van der Waals surface area contributed by atoms with Gasteiger partial charge in [0.2, 0.25) is 0 Å². The van der Waals surface area contributed by atoms with Crippen molar-refractivity contribution in [1.29, 1.82) is 0 Å². The maximum absolute atomic E-state index is 11.4. The number of halogens is 6. The van der Waals surface area contributed by atoms with Crippen molar-refractivity contribution in [3.63, 3.8) is 0 Å². The zero-order chi connectivity index (χ0) is 22.3. The Kier molecular flexibility index (Phi) is 10.1. The molecule has 1 aliphatic heterocycles. The number of hydrogen-bond donors (Lipinski definition) is 1. The normalized spacial score (nSPS) is 18.3. The van der Waals surface area contributed by atoms with Gasteiger partial charge in [-0.05, 0) is 6.92 Å². The van der Waals surface area contributed by atoms with E-state index < -0.39 is 31.1 Å². The number of rotatable bonds is 7. The molecule has 1 saturated heterocycles. The van der Waals surface area contributed by atoms with Crippen LogP contribution in [0.5, 0.6) is 0 Å². The third kappa shape index (κ3) is 9.21. The average molecular weight is 467 g/mol. The van der Waals surface area contributed by atoms with E-state index in [1.807, 2.05) is 0 Å². The Morgan fingerprint density at radius 3 is 1.75 bits per heavy atom. The summed E-state index contributed by atoms with van der Waals surface area (Å²) in [6.07, 6.45) is 1.20. The molecule has 0 aromatic heterocycles. The molecule has 1 aliphatic rings. The van der Waals surface area contributed by atoms with E-state index in [0.717, 1.165) is 17.3 Å². The van der Waals surface area contributed by atoms with Crippen molar-refractivity contribution < 1.29 is 52.4 Å². The second-order valence-corrected chi connectivity index (χ2v) is 9.43. The van der Waals surface area contributed by atoms with E-state index in [1.54, 1.807) is 0 Å². The second kappa shape index (κ2) is 10.4. The summed E-state index contributed by atoms with van der Waals surface area (Å²) in [7, 11) is -11.1. The van der Waals surface area contributed by atoms with Gasteiger partial charge in [0, 0.05) is 26.1 Å². The number of quaternary nitrogens is 1. The molecular weight excluding hydrogens is 444 g/mol. The van der Waals surface area contributed by atoms with Gasteiger partial charge in [-0.25, -0.2) is 16.8 Å². The summed E-state index contributed by atoms with van der Waals surface area (Å²) in [4.78, 5) is 0. The molecule has 0 radical (unpaired) electrons. The second-order valence-electron chi connectivity index (χ2n) is 6.01. The zero-order valence-corrected chi connectivity index (χ0v) is 16.8. The third-order valence-corrected chi connectivity index (χ3v) is 6.37. The smallest absolute Gasteiger partial charge is 0.421 e. The highest BCUT2D eigenvalue weighted by molar-refractivity contribution is 8.13. The first kappa shape index (κ1) is 27.3. The first-order chi connectivity index (χ1) is 12.5. The van der Waals surface area contributed by atoms with E-state index in [1.165, 1.54) is 43.6 Å². The number of nitrogens with zero attached hydrogens (tertiary/aromatic N) is 2. The third-order valence-electron chi connectivity index (χ3n) is 3.63. The lowest BCUT2D eigenvalue weighted by molar-refractivity contribution is -0.911. The van der Waals surface area contributed by atoms with Gasteiger partial charge in [0.05, 0.1) is 33.3 Å². The molecule has 0 saturated carbocycles. The van der Waals surface area contributed by atoms with Crippen LogP contribution in [0.2, 0.25) is 0 Å². The molecular formula is C12H23F6N3O5S2. The first-order valence-electron chi connectivity index (χ1n) is 7.96. The first-order valence-corrected chi connectivity index (χ1v) is 10.8. The van der Waals surface area contributed by atoms with Crippen LogP contribution in [0.15, 0.2) is 0 Å². The Balaban J connectivity index is 0.000000525. The molecule has 0 atom stereocenters. The molecule has 170 valence electrons. The van der Waals surface area contributed by atoms with Crippen LogP contribution >= 0.6 is 0 Å². The van der Waals surface area contributed by atoms with E-state index in [0.29, 0.717) is 0 Å². The van der Waals surface area contributed by atoms with Crippen molar-refractivity contribution in [2.24, 2.45) is 0 Å². The Hall–Kier alpha value is -0.680. The molecule has 1 rings (SSSR count). The van der Waals surface area contributed by atoms with E-state index in [2.05, 4.69) is 19.3 Å². The number of piperazine rings is 1. The van der Waals surface area contributed by atoms with Crippen molar-refractivity contribution in [3.8, 4) is 0 Å². The Morgan fingerprint density at radius 2 is 1.39 bits per heavy atom. The van der Waals surface area contributed by atoms with Crippen molar-refractivity contribution in [2.75, 3.05) is 53.0 Å². The Bertz CT molecular complexity index is 631.